The highest BCUT2D eigenvalue weighted by Gasteiger charge is 2.41. The van der Waals surface area contributed by atoms with Gasteiger partial charge in [0.2, 0.25) is 5.95 Å². The molecule has 182 valence electrons. The molecule has 0 spiro atoms. The van der Waals surface area contributed by atoms with Crippen LogP contribution in [-0.2, 0) is 0 Å². The first-order valence-electron chi connectivity index (χ1n) is 11.9. The molecule has 0 unspecified atom stereocenters. The van der Waals surface area contributed by atoms with Crippen molar-refractivity contribution in [1.82, 2.24) is 19.9 Å². The molecule has 0 bridgehead atoms. The summed E-state index contributed by atoms with van der Waals surface area (Å²) in [6.07, 6.45) is 0.865. The molecular weight excluding hydrogens is 452 g/mol. The van der Waals surface area contributed by atoms with E-state index in [9.17, 15) is 15.3 Å². The standard InChI is InChI=1S/C24H32N6O3S/c1-10-7-17-19(13(4)25-10)29-23(34-17)18-12(3)27-24(26-11(2)14-5-6-14)30-22(18)28-16-8-15(9-31)20(32)21(16)33/h7,11,14-16,20-21,31-33H,5-6,8-9H2,1-4H3,(H2,26,27,28,30)/t11-,15-,16-,20-,21+/m1/s1. The average Bonchev–Trinajstić information content (AvgIpc) is 3.50. The Balaban J connectivity index is 1.56. The van der Waals surface area contributed by atoms with Gasteiger partial charge in [-0.05, 0) is 58.9 Å². The first-order valence-corrected chi connectivity index (χ1v) is 12.7. The molecule has 0 radical (unpaired) electrons. The SMILES string of the molecule is Cc1cc2sc(-c3c(C)nc(N[C@H](C)C4CC4)nc3N[C@@H]3C[C@H](CO)[C@@H](O)[C@H]3O)nc2c(C)n1. The van der Waals surface area contributed by atoms with Crippen molar-refractivity contribution in [1.29, 1.82) is 0 Å². The lowest BCUT2D eigenvalue weighted by Crippen LogP contribution is -2.36. The number of fused-ring (bicyclic) bond motifs is 1. The Bertz CT molecular complexity index is 1210. The summed E-state index contributed by atoms with van der Waals surface area (Å²) in [7, 11) is 0. The number of nitrogens with one attached hydrogen (secondary N) is 2. The lowest BCUT2D eigenvalue weighted by molar-refractivity contribution is 0.00446. The summed E-state index contributed by atoms with van der Waals surface area (Å²) < 4.78 is 1.05. The maximum absolute atomic E-state index is 10.6. The fourth-order valence-electron chi connectivity index (χ4n) is 4.88. The number of hydrogen-bond acceptors (Lipinski definition) is 10. The van der Waals surface area contributed by atoms with Gasteiger partial charge in [0.25, 0.3) is 0 Å². The Hall–Kier alpha value is -2.40. The van der Waals surface area contributed by atoms with Gasteiger partial charge in [-0.1, -0.05) is 0 Å². The zero-order valence-corrected chi connectivity index (χ0v) is 20.7. The number of anilines is 2. The van der Waals surface area contributed by atoms with E-state index in [-0.39, 0.29) is 18.6 Å². The number of aliphatic hydroxyl groups excluding tert-OH is 3. The average molecular weight is 485 g/mol. The van der Waals surface area contributed by atoms with Gasteiger partial charge in [-0.25, -0.2) is 9.97 Å². The molecule has 2 saturated carbocycles. The number of thiazole rings is 1. The quantitative estimate of drug-likeness (QED) is 0.343. The van der Waals surface area contributed by atoms with E-state index in [4.69, 9.17) is 15.0 Å². The second kappa shape index (κ2) is 8.99. The van der Waals surface area contributed by atoms with Gasteiger partial charge in [0, 0.05) is 24.3 Å². The van der Waals surface area contributed by atoms with E-state index in [1.807, 2.05) is 26.8 Å². The number of aromatic nitrogens is 4. The van der Waals surface area contributed by atoms with Crippen LogP contribution in [0.2, 0.25) is 0 Å². The fraction of sp³-hybridized carbons (Fsp3) is 0.583. The fourth-order valence-corrected chi connectivity index (χ4v) is 6.09. The Morgan fingerprint density at radius 1 is 1.06 bits per heavy atom. The van der Waals surface area contributed by atoms with E-state index in [2.05, 4.69) is 22.5 Å². The summed E-state index contributed by atoms with van der Waals surface area (Å²) in [4.78, 5) is 19.0. The zero-order valence-electron chi connectivity index (χ0n) is 19.9. The van der Waals surface area contributed by atoms with Gasteiger partial charge in [-0.2, -0.15) is 4.98 Å². The zero-order chi connectivity index (χ0) is 24.1. The summed E-state index contributed by atoms with van der Waals surface area (Å²) in [6, 6.07) is 1.85. The van der Waals surface area contributed by atoms with E-state index in [0.29, 0.717) is 24.1 Å². The topological polar surface area (TPSA) is 136 Å². The molecule has 34 heavy (non-hydrogen) atoms. The second-order valence-corrected chi connectivity index (χ2v) is 10.8. The van der Waals surface area contributed by atoms with Crippen molar-refractivity contribution >= 4 is 33.3 Å². The highest BCUT2D eigenvalue weighted by molar-refractivity contribution is 7.21. The Labute approximate surface area is 202 Å². The largest absolute Gasteiger partial charge is 0.396 e. The number of nitrogens with zero attached hydrogens (tertiary/aromatic N) is 4. The maximum Gasteiger partial charge on any atom is 0.225 e. The lowest BCUT2D eigenvalue weighted by atomic mass is 10.1. The molecule has 2 fully saturated rings. The van der Waals surface area contributed by atoms with Crippen LogP contribution >= 0.6 is 11.3 Å². The summed E-state index contributed by atoms with van der Waals surface area (Å²) in [5, 5.41) is 38.1. The summed E-state index contributed by atoms with van der Waals surface area (Å²) in [5.74, 6) is 1.35. The molecule has 2 aliphatic rings. The predicted molar refractivity (Wildman–Crippen MR) is 133 cm³/mol. The van der Waals surface area contributed by atoms with Crippen LogP contribution in [0.15, 0.2) is 6.07 Å². The minimum Gasteiger partial charge on any atom is -0.396 e. The van der Waals surface area contributed by atoms with E-state index in [1.54, 1.807) is 11.3 Å². The molecule has 10 heteroatoms. The first kappa shape index (κ1) is 23.3. The molecule has 5 atom stereocenters. The third kappa shape index (κ3) is 4.35. The molecule has 5 N–H and O–H groups in total. The van der Waals surface area contributed by atoms with Crippen molar-refractivity contribution < 1.29 is 15.3 Å². The summed E-state index contributed by atoms with van der Waals surface area (Å²) in [6.45, 7) is 7.83. The lowest BCUT2D eigenvalue weighted by Gasteiger charge is -2.22. The van der Waals surface area contributed by atoms with Crippen molar-refractivity contribution in [3.05, 3.63) is 23.1 Å². The van der Waals surface area contributed by atoms with E-state index >= 15 is 0 Å². The highest BCUT2D eigenvalue weighted by atomic mass is 32.1. The third-order valence-corrected chi connectivity index (χ3v) is 8.05. The van der Waals surface area contributed by atoms with Crippen molar-refractivity contribution in [3.8, 4) is 10.6 Å². The molecule has 2 aliphatic carbocycles. The second-order valence-electron chi connectivity index (χ2n) is 9.75. The summed E-state index contributed by atoms with van der Waals surface area (Å²) in [5.41, 5.74) is 4.23. The van der Waals surface area contributed by atoms with Gasteiger partial charge >= 0.3 is 0 Å². The molecule has 0 aromatic carbocycles. The van der Waals surface area contributed by atoms with Crippen LogP contribution in [-0.4, -0.2) is 66.2 Å². The van der Waals surface area contributed by atoms with Crippen molar-refractivity contribution in [2.24, 2.45) is 11.8 Å². The van der Waals surface area contributed by atoms with E-state index < -0.39 is 18.2 Å². The first-order chi connectivity index (χ1) is 16.2. The normalized spacial score (nSPS) is 25.6. The van der Waals surface area contributed by atoms with E-state index in [0.717, 1.165) is 37.9 Å². The molecular formula is C24H32N6O3S. The highest BCUT2D eigenvalue weighted by Crippen LogP contribution is 2.39. The van der Waals surface area contributed by atoms with Gasteiger partial charge in [0.1, 0.15) is 22.4 Å². The van der Waals surface area contributed by atoms with Crippen LogP contribution in [0.3, 0.4) is 0 Å². The number of rotatable bonds is 7. The third-order valence-electron chi connectivity index (χ3n) is 7.03. The molecule has 3 heterocycles. The number of aliphatic hydroxyl groups is 3. The molecule has 0 amide bonds. The Morgan fingerprint density at radius 2 is 1.82 bits per heavy atom. The summed E-state index contributed by atoms with van der Waals surface area (Å²) >= 11 is 1.56. The van der Waals surface area contributed by atoms with Crippen LogP contribution < -0.4 is 10.6 Å². The van der Waals surface area contributed by atoms with Gasteiger partial charge in [0.15, 0.2) is 0 Å². The Kier molecular flexibility index (Phi) is 6.18. The van der Waals surface area contributed by atoms with Gasteiger partial charge in [-0.3, -0.25) is 4.98 Å². The molecule has 5 rings (SSSR count). The van der Waals surface area contributed by atoms with Crippen molar-refractivity contribution in [3.63, 3.8) is 0 Å². The van der Waals surface area contributed by atoms with Crippen LogP contribution in [0, 0.1) is 32.6 Å². The molecule has 0 saturated heterocycles. The smallest absolute Gasteiger partial charge is 0.225 e. The predicted octanol–water partition coefficient (Wildman–Crippen LogP) is 2.80. The van der Waals surface area contributed by atoms with Crippen LogP contribution in [0.1, 0.15) is 43.3 Å². The monoisotopic (exact) mass is 484 g/mol. The van der Waals surface area contributed by atoms with Gasteiger partial charge < -0.3 is 26.0 Å². The maximum atomic E-state index is 10.6. The minimum absolute atomic E-state index is 0.179. The molecule has 3 aromatic rings. The minimum atomic E-state index is -1.01. The molecule has 9 nitrogen and oxygen atoms in total. The van der Waals surface area contributed by atoms with Gasteiger partial charge in [0.05, 0.1) is 33.8 Å². The van der Waals surface area contributed by atoms with Crippen LogP contribution in [0.4, 0.5) is 11.8 Å². The number of hydrogen-bond donors (Lipinski definition) is 5. The number of pyridine rings is 1. The van der Waals surface area contributed by atoms with Gasteiger partial charge in [-0.15, -0.1) is 11.3 Å². The van der Waals surface area contributed by atoms with Crippen molar-refractivity contribution in [2.45, 2.75) is 71.2 Å². The van der Waals surface area contributed by atoms with Crippen LogP contribution in [0.25, 0.3) is 20.8 Å². The van der Waals surface area contributed by atoms with E-state index in [1.165, 1.54) is 12.8 Å². The Morgan fingerprint density at radius 3 is 2.50 bits per heavy atom. The molecule has 3 aromatic heterocycles. The van der Waals surface area contributed by atoms with Crippen LogP contribution in [0.5, 0.6) is 0 Å². The molecule has 0 aliphatic heterocycles. The number of aryl methyl sites for hydroxylation is 3. The van der Waals surface area contributed by atoms with Crippen molar-refractivity contribution in [2.75, 3.05) is 17.2 Å².